The van der Waals surface area contributed by atoms with Gasteiger partial charge in [0.15, 0.2) is 0 Å². The molecule has 4 nitrogen and oxygen atoms in total. The molecule has 3 atom stereocenters. The molecule has 1 saturated heterocycles. The van der Waals surface area contributed by atoms with Crippen LogP contribution in [-0.4, -0.2) is 42.6 Å². The second-order valence-corrected chi connectivity index (χ2v) is 4.71. The molecule has 0 aromatic carbocycles. The quantitative estimate of drug-likeness (QED) is 0.661. The van der Waals surface area contributed by atoms with Gasteiger partial charge < -0.3 is 15.4 Å². The van der Waals surface area contributed by atoms with Gasteiger partial charge in [-0.3, -0.25) is 4.79 Å². The number of hydrogen-bond donors (Lipinski definition) is 1. The van der Waals surface area contributed by atoms with Crippen LogP contribution < -0.4 is 5.73 Å². The molecule has 4 heteroatoms. The highest BCUT2D eigenvalue weighted by Crippen LogP contribution is 2.20. The molecule has 1 aliphatic carbocycles. The molecule has 1 amide bonds. The van der Waals surface area contributed by atoms with E-state index in [1.807, 2.05) is 24.0 Å². The Morgan fingerprint density at radius 1 is 1.50 bits per heavy atom. The summed E-state index contributed by atoms with van der Waals surface area (Å²) >= 11 is 0. The Balaban J connectivity index is 1.95. The van der Waals surface area contributed by atoms with Crippen molar-refractivity contribution in [1.82, 2.24) is 4.90 Å². The number of nitrogens with two attached hydrogens (primary N) is 1. The van der Waals surface area contributed by atoms with Crippen molar-refractivity contribution in [3.63, 3.8) is 0 Å². The number of hydrogen-bond acceptors (Lipinski definition) is 3. The zero-order valence-corrected chi connectivity index (χ0v) is 9.76. The Hall–Kier alpha value is -0.870. The lowest BCUT2D eigenvalue weighted by atomic mass is 10.1. The van der Waals surface area contributed by atoms with Crippen LogP contribution in [0.4, 0.5) is 0 Å². The Morgan fingerprint density at radius 2 is 2.31 bits per heavy atom. The molecule has 1 fully saturated rings. The van der Waals surface area contributed by atoms with Crippen molar-refractivity contribution in [3.05, 3.63) is 12.2 Å². The van der Waals surface area contributed by atoms with Crippen LogP contribution in [-0.2, 0) is 9.53 Å². The van der Waals surface area contributed by atoms with Crippen molar-refractivity contribution in [1.29, 1.82) is 0 Å². The van der Waals surface area contributed by atoms with E-state index in [2.05, 4.69) is 0 Å². The molecule has 0 aromatic heterocycles. The number of carbonyl (C=O) groups excluding carboxylic acids is 1. The minimum absolute atomic E-state index is 0.0136. The maximum atomic E-state index is 12.2. The predicted octanol–water partition coefficient (Wildman–Crippen LogP) is 0.527. The molecule has 90 valence electrons. The summed E-state index contributed by atoms with van der Waals surface area (Å²) in [7, 11) is 0. The smallest absolute Gasteiger partial charge is 0.229 e. The lowest BCUT2D eigenvalue weighted by Crippen LogP contribution is -2.39. The fourth-order valence-electron chi connectivity index (χ4n) is 2.34. The van der Waals surface area contributed by atoms with Crippen LogP contribution in [0.15, 0.2) is 12.2 Å². The van der Waals surface area contributed by atoms with Crippen molar-refractivity contribution in [3.8, 4) is 0 Å². The average molecular weight is 224 g/mol. The lowest BCUT2D eigenvalue weighted by Gasteiger charge is -2.24. The summed E-state index contributed by atoms with van der Waals surface area (Å²) in [4.78, 5) is 14.1. The zero-order valence-electron chi connectivity index (χ0n) is 9.76. The molecule has 0 aromatic rings. The summed E-state index contributed by atoms with van der Waals surface area (Å²) < 4.78 is 5.53. The van der Waals surface area contributed by atoms with Gasteiger partial charge in [-0.25, -0.2) is 0 Å². The van der Waals surface area contributed by atoms with Crippen molar-refractivity contribution in [2.45, 2.75) is 31.9 Å². The van der Waals surface area contributed by atoms with Gasteiger partial charge in [0.1, 0.15) is 0 Å². The van der Waals surface area contributed by atoms with Gasteiger partial charge in [-0.1, -0.05) is 12.2 Å². The Bertz CT molecular complexity index is 291. The molecular formula is C12H20N2O2. The van der Waals surface area contributed by atoms with Gasteiger partial charge in [-0.05, 0) is 19.8 Å². The van der Waals surface area contributed by atoms with E-state index in [-0.39, 0.29) is 24.0 Å². The maximum Gasteiger partial charge on any atom is 0.229 e. The molecule has 2 N–H and O–H groups in total. The Labute approximate surface area is 96.4 Å². The SMILES string of the molecule is CC1CN(C(=O)C2C=CC(N)C2)CCCO1. The fraction of sp³-hybridized carbons (Fsp3) is 0.750. The first kappa shape index (κ1) is 11.6. The number of ether oxygens (including phenoxy) is 1. The second-order valence-electron chi connectivity index (χ2n) is 4.71. The number of nitrogens with zero attached hydrogens (tertiary/aromatic N) is 1. The van der Waals surface area contributed by atoms with Gasteiger partial charge in [0.05, 0.1) is 12.0 Å². The summed E-state index contributed by atoms with van der Waals surface area (Å²) in [5, 5.41) is 0. The van der Waals surface area contributed by atoms with E-state index in [0.29, 0.717) is 6.54 Å². The van der Waals surface area contributed by atoms with Crippen LogP contribution in [0, 0.1) is 5.92 Å². The summed E-state index contributed by atoms with van der Waals surface area (Å²) in [6.45, 7) is 4.29. The third kappa shape index (κ3) is 2.62. The Kier molecular flexibility index (Phi) is 3.61. The van der Waals surface area contributed by atoms with E-state index in [1.165, 1.54) is 0 Å². The standard InChI is InChI=1S/C12H20N2O2/c1-9-8-14(5-2-6-16-9)12(15)10-3-4-11(13)7-10/h3-4,9-11H,2,5-8,13H2,1H3. The lowest BCUT2D eigenvalue weighted by molar-refractivity contribution is -0.134. The first-order valence-electron chi connectivity index (χ1n) is 6.01. The van der Waals surface area contributed by atoms with Crippen molar-refractivity contribution in [2.75, 3.05) is 19.7 Å². The average Bonchev–Trinajstić information content (AvgIpc) is 2.56. The van der Waals surface area contributed by atoms with E-state index in [9.17, 15) is 4.79 Å². The van der Waals surface area contributed by atoms with Crippen molar-refractivity contribution in [2.24, 2.45) is 11.7 Å². The van der Waals surface area contributed by atoms with Gasteiger partial charge >= 0.3 is 0 Å². The summed E-state index contributed by atoms with van der Waals surface area (Å²) in [6, 6.07) is 0.0506. The van der Waals surface area contributed by atoms with Crippen molar-refractivity contribution < 1.29 is 9.53 Å². The van der Waals surface area contributed by atoms with Crippen LogP contribution in [0.2, 0.25) is 0 Å². The first-order chi connectivity index (χ1) is 7.66. The molecular weight excluding hydrogens is 204 g/mol. The van der Waals surface area contributed by atoms with E-state index in [0.717, 1.165) is 26.0 Å². The van der Waals surface area contributed by atoms with Gasteiger partial charge in [0.25, 0.3) is 0 Å². The normalized spacial score (nSPS) is 35.1. The molecule has 0 radical (unpaired) electrons. The highest BCUT2D eigenvalue weighted by atomic mass is 16.5. The van der Waals surface area contributed by atoms with Crippen LogP contribution in [0.25, 0.3) is 0 Å². The van der Waals surface area contributed by atoms with Crippen LogP contribution >= 0.6 is 0 Å². The summed E-state index contributed by atoms with van der Waals surface area (Å²) in [5.41, 5.74) is 5.77. The van der Waals surface area contributed by atoms with Crippen molar-refractivity contribution >= 4 is 5.91 Å². The fourth-order valence-corrected chi connectivity index (χ4v) is 2.34. The molecule has 2 aliphatic rings. The third-order valence-electron chi connectivity index (χ3n) is 3.20. The molecule has 0 saturated carbocycles. The predicted molar refractivity (Wildman–Crippen MR) is 61.8 cm³/mol. The first-order valence-corrected chi connectivity index (χ1v) is 6.01. The minimum Gasteiger partial charge on any atom is -0.377 e. The minimum atomic E-state index is -0.0136. The molecule has 16 heavy (non-hydrogen) atoms. The molecule has 0 bridgehead atoms. The number of amides is 1. The largest absolute Gasteiger partial charge is 0.377 e. The van der Waals surface area contributed by atoms with E-state index in [1.54, 1.807) is 0 Å². The van der Waals surface area contributed by atoms with E-state index < -0.39 is 0 Å². The molecule has 1 heterocycles. The van der Waals surface area contributed by atoms with Gasteiger partial charge in [-0.15, -0.1) is 0 Å². The van der Waals surface area contributed by atoms with Gasteiger partial charge in [0, 0.05) is 25.7 Å². The van der Waals surface area contributed by atoms with Crippen LogP contribution in [0.1, 0.15) is 19.8 Å². The Morgan fingerprint density at radius 3 is 3.00 bits per heavy atom. The molecule has 3 unspecified atom stereocenters. The highest BCUT2D eigenvalue weighted by Gasteiger charge is 2.28. The third-order valence-corrected chi connectivity index (χ3v) is 3.20. The second kappa shape index (κ2) is 4.97. The van der Waals surface area contributed by atoms with Gasteiger partial charge in [0.2, 0.25) is 5.91 Å². The van der Waals surface area contributed by atoms with Crippen LogP contribution in [0.3, 0.4) is 0 Å². The highest BCUT2D eigenvalue weighted by molar-refractivity contribution is 5.81. The van der Waals surface area contributed by atoms with E-state index >= 15 is 0 Å². The molecule has 0 spiro atoms. The zero-order chi connectivity index (χ0) is 11.5. The van der Waals surface area contributed by atoms with Gasteiger partial charge in [-0.2, -0.15) is 0 Å². The monoisotopic (exact) mass is 224 g/mol. The maximum absolute atomic E-state index is 12.2. The van der Waals surface area contributed by atoms with E-state index in [4.69, 9.17) is 10.5 Å². The molecule has 2 rings (SSSR count). The topological polar surface area (TPSA) is 55.6 Å². The van der Waals surface area contributed by atoms with Crippen LogP contribution in [0.5, 0.6) is 0 Å². The summed E-state index contributed by atoms with van der Waals surface area (Å²) in [5.74, 6) is 0.196. The number of carbonyl (C=O) groups is 1. The molecule has 1 aliphatic heterocycles. The summed E-state index contributed by atoms with van der Waals surface area (Å²) in [6.07, 6.45) is 5.71. The number of rotatable bonds is 1.